The summed E-state index contributed by atoms with van der Waals surface area (Å²) in [6.45, 7) is 2.78. The topological polar surface area (TPSA) is 85.0 Å². The third kappa shape index (κ3) is 5.15. The first kappa shape index (κ1) is 21.3. The largest absolute Gasteiger partial charge is 0.478 e. The fourth-order valence-electron chi connectivity index (χ4n) is 2.50. The lowest BCUT2D eigenvalue weighted by Crippen LogP contribution is -2.11. The van der Waals surface area contributed by atoms with Crippen LogP contribution in [0, 0.1) is 6.92 Å². The maximum absolute atomic E-state index is 12.8. The first-order chi connectivity index (χ1) is 13.9. The number of alkyl halides is 2. The Bertz CT molecular complexity index is 964. The van der Waals surface area contributed by atoms with Gasteiger partial charge in [0.2, 0.25) is 11.7 Å². The lowest BCUT2D eigenvalue weighted by Gasteiger charge is -2.17. The van der Waals surface area contributed by atoms with E-state index in [4.69, 9.17) is 4.74 Å². The van der Waals surface area contributed by atoms with Crippen LogP contribution >= 0.6 is 23.3 Å². The normalized spacial score (nSPS) is 12.2. The number of H-pyrrole nitrogens is 1. The third-order valence-electron chi connectivity index (χ3n) is 4.11. The van der Waals surface area contributed by atoms with E-state index in [1.165, 1.54) is 19.1 Å². The van der Waals surface area contributed by atoms with Crippen molar-refractivity contribution >= 4 is 29.2 Å². The lowest BCUT2D eigenvalue weighted by molar-refractivity contribution is -0.0526. The van der Waals surface area contributed by atoms with E-state index in [1.54, 1.807) is 11.3 Å². The number of anilines is 1. The first-order valence-corrected chi connectivity index (χ1v) is 10.5. The van der Waals surface area contributed by atoms with Gasteiger partial charge in [-0.2, -0.15) is 13.8 Å². The number of methoxy groups -OCH3 is 1. The molecule has 0 aliphatic heterocycles. The molecule has 0 spiro atoms. The Morgan fingerprint density at radius 3 is 2.72 bits per heavy atom. The number of hydrogen-bond acceptors (Lipinski definition) is 8. The summed E-state index contributed by atoms with van der Waals surface area (Å²) in [5, 5.41) is 2.89. The molecule has 0 aliphatic rings. The maximum Gasteiger partial charge on any atom is 0.387 e. The smallest absolute Gasteiger partial charge is 0.387 e. The third-order valence-corrected chi connectivity index (χ3v) is 5.86. The second-order valence-corrected chi connectivity index (χ2v) is 7.94. The SMILES string of the molecule is CCC(C)c1nc(NSc2c[nH]c(-c3nc(C)cs3)c2)nc(OC)c1OC(F)F. The van der Waals surface area contributed by atoms with Gasteiger partial charge in [-0.05, 0) is 31.4 Å². The standard InChI is InChI=1S/C18H21F2N5O2S2/c1-5-9(2)13-14(27-17(19)20)15(26-4)24-18(23-13)25-29-11-6-12(21-7-11)16-22-10(3)8-28-16/h6-9,17,21H,5H2,1-4H3,(H,23,24,25). The highest BCUT2D eigenvalue weighted by atomic mass is 32.2. The molecule has 0 radical (unpaired) electrons. The number of halogens is 2. The summed E-state index contributed by atoms with van der Waals surface area (Å²) in [4.78, 5) is 17.1. The average molecular weight is 442 g/mol. The van der Waals surface area contributed by atoms with E-state index in [-0.39, 0.29) is 23.5 Å². The summed E-state index contributed by atoms with van der Waals surface area (Å²) in [6.07, 6.45) is 2.53. The first-order valence-electron chi connectivity index (χ1n) is 8.85. The highest BCUT2D eigenvalue weighted by Gasteiger charge is 2.23. The van der Waals surface area contributed by atoms with Gasteiger partial charge in [0.15, 0.2) is 0 Å². The Balaban J connectivity index is 1.81. The molecular formula is C18H21F2N5O2S2. The molecule has 3 aromatic heterocycles. The summed E-state index contributed by atoms with van der Waals surface area (Å²) in [7, 11) is 1.35. The van der Waals surface area contributed by atoms with E-state index in [9.17, 15) is 8.78 Å². The summed E-state index contributed by atoms with van der Waals surface area (Å²) >= 11 is 2.85. The second kappa shape index (κ2) is 9.40. The van der Waals surface area contributed by atoms with Crippen molar-refractivity contribution in [2.45, 2.75) is 44.6 Å². The Kier molecular flexibility index (Phi) is 6.91. The monoisotopic (exact) mass is 441 g/mol. The van der Waals surface area contributed by atoms with E-state index in [0.717, 1.165) is 21.3 Å². The van der Waals surface area contributed by atoms with E-state index >= 15 is 0 Å². The Labute approximate surface area is 175 Å². The zero-order valence-electron chi connectivity index (χ0n) is 16.3. The van der Waals surface area contributed by atoms with Crippen molar-refractivity contribution in [3.05, 3.63) is 29.0 Å². The molecule has 0 saturated heterocycles. The molecular weight excluding hydrogens is 420 g/mol. The number of ether oxygens (including phenoxy) is 2. The molecule has 156 valence electrons. The predicted molar refractivity (Wildman–Crippen MR) is 110 cm³/mol. The van der Waals surface area contributed by atoms with Crippen LogP contribution in [-0.4, -0.2) is 33.7 Å². The van der Waals surface area contributed by atoms with Crippen LogP contribution in [0.2, 0.25) is 0 Å². The van der Waals surface area contributed by atoms with Gasteiger partial charge in [-0.15, -0.1) is 11.3 Å². The Hall–Kier alpha value is -2.40. The molecule has 0 aliphatic carbocycles. The molecule has 11 heteroatoms. The van der Waals surface area contributed by atoms with Crippen LogP contribution in [-0.2, 0) is 0 Å². The van der Waals surface area contributed by atoms with Gasteiger partial charge < -0.3 is 14.5 Å². The van der Waals surface area contributed by atoms with Gasteiger partial charge in [-0.1, -0.05) is 13.8 Å². The van der Waals surface area contributed by atoms with Gasteiger partial charge in [0.25, 0.3) is 5.88 Å². The van der Waals surface area contributed by atoms with Crippen molar-refractivity contribution in [2.24, 2.45) is 0 Å². The zero-order chi connectivity index (χ0) is 21.0. The molecule has 1 unspecified atom stereocenters. The molecule has 3 aromatic rings. The van der Waals surface area contributed by atoms with Gasteiger partial charge in [-0.25, -0.2) is 9.97 Å². The summed E-state index contributed by atoms with van der Waals surface area (Å²) in [5.74, 6) is -0.0306. The number of thiazole rings is 1. The van der Waals surface area contributed by atoms with Crippen molar-refractivity contribution in [2.75, 3.05) is 11.8 Å². The Morgan fingerprint density at radius 1 is 1.31 bits per heavy atom. The highest BCUT2D eigenvalue weighted by molar-refractivity contribution is 8.00. The van der Waals surface area contributed by atoms with Crippen molar-refractivity contribution in [3.63, 3.8) is 0 Å². The predicted octanol–water partition coefficient (Wildman–Crippen LogP) is 5.48. The van der Waals surface area contributed by atoms with Crippen molar-refractivity contribution in [1.29, 1.82) is 0 Å². The van der Waals surface area contributed by atoms with Crippen LogP contribution in [0.4, 0.5) is 14.7 Å². The molecule has 3 heterocycles. The van der Waals surface area contributed by atoms with Gasteiger partial charge >= 0.3 is 6.61 Å². The van der Waals surface area contributed by atoms with Crippen LogP contribution in [0.3, 0.4) is 0 Å². The van der Waals surface area contributed by atoms with Gasteiger partial charge in [-0.3, -0.25) is 4.72 Å². The minimum atomic E-state index is -2.99. The molecule has 0 aromatic carbocycles. The summed E-state index contributed by atoms with van der Waals surface area (Å²) < 4.78 is 38.5. The van der Waals surface area contributed by atoms with E-state index in [0.29, 0.717) is 12.1 Å². The lowest BCUT2D eigenvalue weighted by atomic mass is 10.0. The minimum Gasteiger partial charge on any atom is -0.478 e. The molecule has 0 saturated carbocycles. The van der Waals surface area contributed by atoms with Crippen LogP contribution in [0.25, 0.3) is 10.7 Å². The molecule has 7 nitrogen and oxygen atoms in total. The number of aryl methyl sites for hydroxylation is 1. The number of nitrogens with one attached hydrogen (secondary N) is 2. The second-order valence-electron chi connectivity index (χ2n) is 6.21. The van der Waals surface area contributed by atoms with Gasteiger partial charge in [0.05, 0.1) is 18.5 Å². The fourth-order valence-corrected chi connectivity index (χ4v) is 3.87. The maximum atomic E-state index is 12.8. The number of rotatable bonds is 9. The summed E-state index contributed by atoms with van der Waals surface area (Å²) in [6, 6.07) is 1.96. The van der Waals surface area contributed by atoms with Crippen molar-refractivity contribution < 1.29 is 18.3 Å². The number of aromatic amines is 1. The molecule has 2 N–H and O–H groups in total. The Morgan fingerprint density at radius 2 is 2.10 bits per heavy atom. The van der Waals surface area contributed by atoms with E-state index in [1.807, 2.05) is 38.4 Å². The minimum absolute atomic E-state index is 0.0354. The molecule has 29 heavy (non-hydrogen) atoms. The molecule has 0 fully saturated rings. The molecule has 1 atom stereocenters. The van der Waals surface area contributed by atoms with Crippen molar-refractivity contribution in [3.8, 4) is 22.3 Å². The fraction of sp³-hybridized carbons (Fsp3) is 0.389. The van der Waals surface area contributed by atoms with Crippen LogP contribution in [0.1, 0.15) is 37.6 Å². The number of aromatic nitrogens is 4. The molecule has 0 amide bonds. The van der Waals surface area contributed by atoms with Crippen LogP contribution in [0.15, 0.2) is 22.5 Å². The average Bonchev–Trinajstić information content (AvgIpc) is 3.34. The number of nitrogens with zero attached hydrogens (tertiary/aromatic N) is 3. The van der Waals surface area contributed by atoms with E-state index < -0.39 is 6.61 Å². The van der Waals surface area contributed by atoms with E-state index in [2.05, 4.69) is 29.4 Å². The zero-order valence-corrected chi connectivity index (χ0v) is 18.0. The van der Waals surface area contributed by atoms with Gasteiger partial charge in [0.1, 0.15) is 5.01 Å². The quantitative estimate of drug-likeness (QED) is 0.425. The molecule has 0 bridgehead atoms. The van der Waals surface area contributed by atoms with Crippen LogP contribution in [0.5, 0.6) is 11.6 Å². The van der Waals surface area contributed by atoms with Crippen molar-refractivity contribution in [1.82, 2.24) is 19.9 Å². The van der Waals surface area contributed by atoms with Gasteiger partial charge in [0, 0.05) is 28.1 Å². The number of hydrogen-bond donors (Lipinski definition) is 2. The molecule has 3 rings (SSSR count). The highest BCUT2D eigenvalue weighted by Crippen LogP contribution is 2.37. The summed E-state index contributed by atoms with van der Waals surface area (Å²) in [5.41, 5.74) is 2.25. The van der Waals surface area contributed by atoms with Crippen LogP contribution < -0.4 is 14.2 Å².